The molecule has 2 aromatic rings. The highest BCUT2D eigenvalue weighted by molar-refractivity contribution is 5.94. The summed E-state index contributed by atoms with van der Waals surface area (Å²) in [5.74, 6) is 2.24. The molecular formula is C25H38N6. The topological polar surface area (TPSA) is 40.4 Å². The molecule has 3 aliphatic heterocycles. The monoisotopic (exact) mass is 422 g/mol. The van der Waals surface area contributed by atoms with Gasteiger partial charge in [0.25, 0.3) is 0 Å². The van der Waals surface area contributed by atoms with Crippen molar-refractivity contribution in [3.63, 3.8) is 0 Å². The number of hydrogen-bond acceptors (Lipinski definition) is 5. The molecule has 0 aromatic carbocycles. The van der Waals surface area contributed by atoms with Crippen LogP contribution in [0.3, 0.4) is 0 Å². The number of aryl methyl sites for hydroxylation is 1. The summed E-state index contributed by atoms with van der Waals surface area (Å²) in [7, 11) is 0. The molecule has 6 nitrogen and oxygen atoms in total. The van der Waals surface area contributed by atoms with Crippen molar-refractivity contribution in [2.24, 2.45) is 0 Å². The van der Waals surface area contributed by atoms with Crippen molar-refractivity contribution in [2.45, 2.75) is 77.2 Å². The lowest BCUT2D eigenvalue weighted by molar-refractivity contribution is 0.221. The Morgan fingerprint density at radius 3 is 2.06 bits per heavy atom. The fraction of sp³-hybridized carbons (Fsp3) is 0.760. The minimum absolute atomic E-state index is 0.987. The molecule has 0 saturated carbocycles. The molecule has 0 spiro atoms. The van der Waals surface area contributed by atoms with Crippen LogP contribution in [-0.4, -0.2) is 65.2 Å². The Bertz CT molecular complexity index is 916. The van der Waals surface area contributed by atoms with Crippen molar-refractivity contribution >= 4 is 22.8 Å². The van der Waals surface area contributed by atoms with E-state index in [2.05, 4.69) is 19.3 Å². The van der Waals surface area contributed by atoms with E-state index in [1.54, 1.807) is 11.3 Å². The number of piperidine rings is 1. The lowest BCUT2D eigenvalue weighted by atomic mass is 9.96. The van der Waals surface area contributed by atoms with E-state index < -0.39 is 0 Å². The van der Waals surface area contributed by atoms with Crippen LogP contribution in [0, 0.1) is 0 Å². The Morgan fingerprint density at radius 2 is 1.29 bits per heavy atom. The van der Waals surface area contributed by atoms with Crippen molar-refractivity contribution in [1.29, 1.82) is 0 Å². The first-order valence-electron chi connectivity index (χ1n) is 13.0. The van der Waals surface area contributed by atoms with Gasteiger partial charge in [0.2, 0.25) is 5.95 Å². The van der Waals surface area contributed by atoms with Gasteiger partial charge in [-0.1, -0.05) is 6.42 Å². The van der Waals surface area contributed by atoms with E-state index in [9.17, 15) is 0 Å². The minimum atomic E-state index is 0.987. The molecule has 4 aliphatic rings. The molecule has 0 atom stereocenters. The van der Waals surface area contributed by atoms with Crippen LogP contribution >= 0.6 is 0 Å². The summed E-state index contributed by atoms with van der Waals surface area (Å²) in [6.45, 7) is 9.32. The number of hydrogen-bond donors (Lipinski definition) is 0. The van der Waals surface area contributed by atoms with E-state index >= 15 is 0 Å². The van der Waals surface area contributed by atoms with Gasteiger partial charge in [-0.15, -0.1) is 0 Å². The molecule has 0 unspecified atom stereocenters. The standard InChI is InChI=1S/C25H38N6/c1-4-12-28(13-5-1)18-19-31-21-11-3-2-10-20(21)22-23(29-14-6-7-15-29)26-25(27-24(22)31)30-16-8-9-17-30/h1-19H2. The Morgan fingerprint density at radius 1 is 0.613 bits per heavy atom. The lowest BCUT2D eigenvalue weighted by Crippen LogP contribution is -2.33. The smallest absolute Gasteiger partial charge is 0.229 e. The number of fused-ring (bicyclic) bond motifs is 3. The SMILES string of the molecule is C1CCN(CCn2c3c(c4c(N5CCCC5)nc(N5CCCC5)nc42)CCCC3)CC1. The lowest BCUT2D eigenvalue weighted by Gasteiger charge is -2.27. The van der Waals surface area contributed by atoms with Gasteiger partial charge in [0.15, 0.2) is 0 Å². The second-order valence-electron chi connectivity index (χ2n) is 10.1. The predicted molar refractivity (Wildman–Crippen MR) is 127 cm³/mol. The molecule has 31 heavy (non-hydrogen) atoms. The minimum Gasteiger partial charge on any atom is -0.356 e. The van der Waals surface area contributed by atoms with Gasteiger partial charge < -0.3 is 19.3 Å². The fourth-order valence-electron chi connectivity index (χ4n) is 6.36. The van der Waals surface area contributed by atoms with Gasteiger partial charge in [-0.2, -0.15) is 9.97 Å². The molecule has 168 valence electrons. The van der Waals surface area contributed by atoms with Gasteiger partial charge in [0.05, 0.1) is 5.39 Å². The quantitative estimate of drug-likeness (QED) is 0.729. The third kappa shape index (κ3) is 3.71. The normalized spacial score (nSPS) is 22.6. The van der Waals surface area contributed by atoms with Gasteiger partial charge in [-0.3, -0.25) is 0 Å². The van der Waals surface area contributed by atoms with Gasteiger partial charge in [-0.05, 0) is 82.9 Å². The molecular weight excluding hydrogens is 384 g/mol. The van der Waals surface area contributed by atoms with Crippen LogP contribution in [0.25, 0.3) is 11.0 Å². The average molecular weight is 423 g/mol. The van der Waals surface area contributed by atoms with Crippen LogP contribution in [0.5, 0.6) is 0 Å². The Hall–Kier alpha value is -1.82. The van der Waals surface area contributed by atoms with Gasteiger partial charge in [0, 0.05) is 45.0 Å². The molecule has 6 rings (SSSR count). The van der Waals surface area contributed by atoms with Crippen molar-refractivity contribution < 1.29 is 0 Å². The van der Waals surface area contributed by atoms with Gasteiger partial charge >= 0.3 is 0 Å². The number of likely N-dealkylation sites (tertiary alicyclic amines) is 1. The van der Waals surface area contributed by atoms with Crippen LogP contribution in [0.4, 0.5) is 11.8 Å². The number of rotatable bonds is 5. The Balaban J connectivity index is 1.45. The summed E-state index contributed by atoms with van der Waals surface area (Å²) < 4.78 is 2.62. The first-order valence-corrected chi connectivity index (χ1v) is 13.0. The van der Waals surface area contributed by atoms with Crippen molar-refractivity contribution in [3.8, 4) is 0 Å². The first-order chi connectivity index (χ1) is 15.4. The van der Waals surface area contributed by atoms with E-state index in [-0.39, 0.29) is 0 Å². The molecule has 0 amide bonds. The zero-order valence-corrected chi connectivity index (χ0v) is 19.1. The highest BCUT2D eigenvalue weighted by Gasteiger charge is 2.29. The zero-order valence-electron chi connectivity index (χ0n) is 19.1. The molecule has 5 heterocycles. The van der Waals surface area contributed by atoms with Gasteiger partial charge in [-0.25, -0.2) is 0 Å². The fourth-order valence-corrected chi connectivity index (χ4v) is 6.36. The van der Waals surface area contributed by atoms with Crippen LogP contribution in [0.1, 0.15) is 69.0 Å². The van der Waals surface area contributed by atoms with Crippen LogP contribution < -0.4 is 9.80 Å². The third-order valence-electron chi connectivity index (χ3n) is 8.06. The van der Waals surface area contributed by atoms with Crippen molar-refractivity contribution in [3.05, 3.63) is 11.3 Å². The average Bonchev–Trinajstić information content (AvgIpc) is 3.59. The number of nitrogens with zero attached hydrogens (tertiary/aromatic N) is 6. The summed E-state index contributed by atoms with van der Waals surface area (Å²) >= 11 is 0. The summed E-state index contributed by atoms with van der Waals surface area (Å²) in [5.41, 5.74) is 4.39. The summed E-state index contributed by atoms with van der Waals surface area (Å²) in [6.07, 6.45) is 14.3. The number of anilines is 2. The summed E-state index contributed by atoms with van der Waals surface area (Å²) in [5, 5.41) is 1.40. The predicted octanol–water partition coefficient (Wildman–Crippen LogP) is 4.00. The van der Waals surface area contributed by atoms with Crippen LogP contribution in [0.15, 0.2) is 0 Å². The molecule has 0 N–H and O–H groups in total. The highest BCUT2D eigenvalue weighted by atomic mass is 15.3. The maximum absolute atomic E-state index is 5.29. The van der Waals surface area contributed by atoms with E-state index in [0.29, 0.717) is 0 Å². The molecule has 0 radical (unpaired) electrons. The van der Waals surface area contributed by atoms with Gasteiger partial charge in [0.1, 0.15) is 11.5 Å². The van der Waals surface area contributed by atoms with Crippen LogP contribution in [-0.2, 0) is 19.4 Å². The number of aromatic nitrogens is 3. The molecule has 3 saturated heterocycles. The maximum atomic E-state index is 5.29. The maximum Gasteiger partial charge on any atom is 0.229 e. The molecule has 2 aromatic heterocycles. The molecule has 1 aliphatic carbocycles. The van der Waals surface area contributed by atoms with Crippen molar-refractivity contribution in [1.82, 2.24) is 19.4 Å². The second kappa shape index (κ2) is 8.61. The Kier molecular flexibility index (Phi) is 5.51. The zero-order chi connectivity index (χ0) is 20.6. The third-order valence-corrected chi connectivity index (χ3v) is 8.06. The van der Waals surface area contributed by atoms with E-state index in [1.807, 2.05) is 0 Å². The first kappa shape index (κ1) is 19.8. The summed E-state index contributed by atoms with van der Waals surface area (Å²) in [4.78, 5) is 18.2. The molecule has 0 bridgehead atoms. The largest absolute Gasteiger partial charge is 0.356 e. The molecule has 6 heteroatoms. The van der Waals surface area contributed by atoms with Crippen molar-refractivity contribution in [2.75, 3.05) is 55.6 Å². The second-order valence-corrected chi connectivity index (χ2v) is 10.1. The van der Waals surface area contributed by atoms with E-state index in [4.69, 9.17) is 9.97 Å². The van der Waals surface area contributed by atoms with E-state index in [1.165, 1.54) is 101 Å². The summed E-state index contributed by atoms with van der Waals surface area (Å²) in [6, 6.07) is 0. The van der Waals surface area contributed by atoms with Crippen LogP contribution in [0.2, 0.25) is 0 Å². The highest BCUT2D eigenvalue weighted by Crippen LogP contribution is 2.38. The van der Waals surface area contributed by atoms with E-state index in [0.717, 1.165) is 45.2 Å². The Labute approximate surface area is 186 Å². The molecule has 3 fully saturated rings.